The number of fused-ring (bicyclic) bond motifs is 4. The lowest BCUT2D eigenvalue weighted by atomic mass is 9.57. The molecule has 0 saturated heterocycles. The predicted octanol–water partition coefficient (Wildman–Crippen LogP) is 5.00. The van der Waals surface area contributed by atoms with Crippen molar-refractivity contribution in [2.45, 2.75) is 93.2 Å². The average molecular weight is 540 g/mol. The van der Waals surface area contributed by atoms with Crippen molar-refractivity contribution in [2.24, 2.45) is 0 Å². The maximum absolute atomic E-state index is 13.1. The molecule has 37 heavy (non-hydrogen) atoms. The van der Waals surface area contributed by atoms with Crippen molar-refractivity contribution < 1.29 is 36.7 Å². The Morgan fingerprint density at radius 1 is 1.11 bits per heavy atom. The van der Waals surface area contributed by atoms with Gasteiger partial charge < -0.3 is 14.5 Å². The molecule has 5 aliphatic rings. The highest BCUT2D eigenvalue weighted by atomic mass is 35.5. The van der Waals surface area contributed by atoms with E-state index in [1.165, 1.54) is 0 Å². The number of rotatable bonds is 5. The molecule has 4 fully saturated rings. The molecule has 4 saturated carbocycles. The number of ether oxygens (including phenoxy) is 2. The van der Waals surface area contributed by atoms with E-state index in [2.05, 4.69) is 20.3 Å². The summed E-state index contributed by atoms with van der Waals surface area (Å²) >= 11 is 5.98. The van der Waals surface area contributed by atoms with E-state index in [4.69, 9.17) is 20.8 Å². The van der Waals surface area contributed by atoms with Crippen LogP contribution in [0.5, 0.6) is 5.75 Å². The summed E-state index contributed by atoms with van der Waals surface area (Å²) in [5.41, 5.74) is -0.289. The molecule has 1 aliphatic heterocycles. The van der Waals surface area contributed by atoms with Gasteiger partial charge in [0.25, 0.3) is 5.91 Å². The summed E-state index contributed by atoms with van der Waals surface area (Å²) in [5.74, 6) is 0.544. The fourth-order valence-corrected chi connectivity index (χ4v) is 6.32. The van der Waals surface area contributed by atoms with Gasteiger partial charge in [0.15, 0.2) is 11.9 Å². The molecule has 12 heteroatoms. The van der Waals surface area contributed by atoms with Gasteiger partial charge in [-0.1, -0.05) is 11.6 Å². The van der Waals surface area contributed by atoms with E-state index in [9.17, 15) is 22.8 Å². The minimum absolute atomic E-state index is 0.0417. The molecule has 0 radical (unpaired) electrons. The van der Waals surface area contributed by atoms with Crippen LogP contribution in [0.15, 0.2) is 22.6 Å². The van der Waals surface area contributed by atoms with Gasteiger partial charge in [0.2, 0.25) is 11.8 Å². The molecule has 1 aromatic heterocycles. The van der Waals surface area contributed by atoms with Gasteiger partial charge in [0.05, 0.1) is 18.1 Å². The van der Waals surface area contributed by atoms with Gasteiger partial charge in [0, 0.05) is 21.9 Å². The molecule has 2 heterocycles. The third-order valence-corrected chi connectivity index (χ3v) is 8.68. The first-order valence-electron chi connectivity index (χ1n) is 12.4. The molecule has 8 nitrogen and oxygen atoms in total. The van der Waals surface area contributed by atoms with Crippen molar-refractivity contribution in [3.63, 3.8) is 0 Å². The van der Waals surface area contributed by atoms with Crippen LogP contribution in [0.3, 0.4) is 0 Å². The SMILES string of the molecule is O=C1CC(C(=O)NC23CCC(c4nnc([C@H]5C[C@@H](OC(F)(F)F)C5)o4)(CC2)CC3)Oc2ccc(Cl)cc21. The van der Waals surface area contributed by atoms with E-state index in [1.807, 2.05) is 0 Å². The summed E-state index contributed by atoms with van der Waals surface area (Å²) in [5, 5.41) is 12.0. The highest BCUT2D eigenvalue weighted by molar-refractivity contribution is 6.31. The van der Waals surface area contributed by atoms with Crippen LogP contribution in [0.25, 0.3) is 0 Å². The van der Waals surface area contributed by atoms with Gasteiger partial charge in [-0.15, -0.1) is 23.4 Å². The van der Waals surface area contributed by atoms with Crippen molar-refractivity contribution in [3.8, 4) is 5.75 Å². The van der Waals surface area contributed by atoms with Crippen molar-refractivity contribution in [3.05, 3.63) is 40.6 Å². The summed E-state index contributed by atoms with van der Waals surface area (Å²) in [6.45, 7) is 0. The predicted molar refractivity (Wildman–Crippen MR) is 122 cm³/mol. The van der Waals surface area contributed by atoms with Gasteiger partial charge in [-0.2, -0.15) is 0 Å². The summed E-state index contributed by atoms with van der Waals surface area (Å²) < 4.78 is 53.0. The van der Waals surface area contributed by atoms with Crippen molar-refractivity contribution >= 4 is 23.3 Å². The molecule has 1 aromatic carbocycles. The van der Waals surface area contributed by atoms with Crippen LogP contribution in [0.2, 0.25) is 5.02 Å². The van der Waals surface area contributed by atoms with Crippen LogP contribution in [0, 0.1) is 0 Å². The van der Waals surface area contributed by atoms with Crippen LogP contribution in [-0.2, 0) is 14.9 Å². The normalized spacial score (nSPS) is 32.9. The number of carbonyl (C=O) groups excluding carboxylic acids is 2. The number of alkyl halides is 3. The number of ketones is 1. The lowest BCUT2D eigenvalue weighted by Gasteiger charge is -2.52. The van der Waals surface area contributed by atoms with Crippen molar-refractivity contribution in [2.75, 3.05) is 0 Å². The first kappa shape index (κ1) is 24.7. The Kier molecular flexibility index (Phi) is 5.79. The zero-order valence-electron chi connectivity index (χ0n) is 19.8. The molecule has 7 rings (SSSR count). The minimum Gasteiger partial charge on any atom is -0.479 e. The smallest absolute Gasteiger partial charge is 0.479 e. The van der Waals surface area contributed by atoms with Gasteiger partial charge in [-0.3, -0.25) is 14.3 Å². The standard InChI is InChI=1S/C25H25ClF3N3O5/c26-14-1-2-18-16(11-14)17(33)12-19(35-18)20(34)30-24-6-3-23(4-7-24,5-8-24)22-32-31-21(36-22)13-9-15(10-13)37-25(27,28)29/h1-2,11,13,15,19H,3-10,12H2,(H,30,34)/t13-,15+,19?,23?,24?. The minimum atomic E-state index is -4.64. The first-order chi connectivity index (χ1) is 17.5. The number of amides is 1. The summed E-state index contributed by atoms with van der Waals surface area (Å²) in [6.07, 6.45) is -1.67. The Morgan fingerprint density at radius 2 is 1.81 bits per heavy atom. The van der Waals surface area contributed by atoms with Gasteiger partial charge in [-0.25, -0.2) is 0 Å². The lowest BCUT2D eigenvalue weighted by molar-refractivity contribution is -0.352. The van der Waals surface area contributed by atoms with E-state index in [-0.39, 0.29) is 47.8 Å². The highest BCUT2D eigenvalue weighted by Crippen LogP contribution is 2.54. The van der Waals surface area contributed by atoms with E-state index < -0.39 is 18.6 Å². The maximum Gasteiger partial charge on any atom is 0.522 e. The molecule has 2 bridgehead atoms. The Morgan fingerprint density at radius 3 is 2.49 bits per heavy atom. The van der Waals surface area contributed by atoms with E-state index in [0.29, 0.717) is 47.4 Å². The molecule has 1 amide bonds. The molecule has 0 spiro atoms. The van der Waals surface area contributed by atoms with Crippen LogP contribution < -0.4 is 10.1 Å². The van der Waals surface area contributed by atoms with Gasteiger partial charge in [0.1, 0.15) is 5.75 Å². The van der Waals surface area contributed by atoms with Crippen LogP contribution in [0.1, 0.15) is 85.8 Å². The average Bonchev–Trinajstić information content (AvgIpc) is 3.32. The molecular weight excluding hydrogens is 515 g/mol. The monoisotopic (exact) mass is 539 g/mol. The molecule has 198 valence electrons. The number of nitrogens with one attached hydrogen (secondary N) is 1. The fraction of sp³-hybridized carbons (Fsp3) is 0.600. The number of hydrogen-bond donors (Lipinski definition) is 1. The number of aromatic nitrogens is 2. The zero-order chi connectivity index (χ0) is 26.0. The Bertz CT molecular complexity index is 1220. The highest BCUT2D eigenvalue weighted by Gasteiger charge is 2.53. The van der Waals surface area contributed by atoms with Gasteiger partial charge >= 0.3 is 6.36 Å². The molecule has 2 aromatic rings. The number of carbonyl (C=O) groups is 2. The second kappa shape index (κ2) is 8.69. The Balaban J connectivity index is 1.06. The Hall–Kier alpha value is -2.66. The number of halogens is 4. The molecule has 1 atom stereocenters. The zero-order valence-corrected chi connectivity index (χ0v) is 20.5. The van der Waals surface area contributed by atoms with E-state index in [0.717, 1.165) is 19.3 Å². The molecular formula is C25H25ClF3N3O5. The van der Waals surface area contributed by atoms with Crippen LogP contribution in [0.4, 0.5) is 13.2 Å². The Labute approximate surface area is 215 Å². The van der Waals surface area contributed by atoms with Crippen molar-refractivity contribution in [1.29, 1.82) is 0 Å². The second-order valence-electron chi connectivity index (χ2n) is 10.7. The number of nitrogens with zero attached hydrogens (tertiary/aromatic N) is 2. The summed E-state index contributed by atoms with van der Waals surface area (Å²) in [4.78, 5) is 25.7. The van der Waals surface area contributed by atoms with Crippen LogP contribution in [-0.4, -0.2) is 46.0 Å². The number of Topliss-reactive ketones (excluding diaryl/α,β-unsaturated/α-hetero) is 1. The summed E-state index contributed by atoms with van der Waals surface area (Å²) in [7, 11) is 0. The van der Waals surface area contributed by atoms with Gasteiger partial charge in [-0.05, 0) is 69.6 Å². The lowest BCUT2D eigenvalue weighted by Crippen LogP contribution is -2.60. The third-order valence-electron chi connectivity index (χ3n) is 8.45. The molecule has 4 aliphatic carbocycles. The van der Waals surface area contributed by atoms with E-state index in [1.54, 1.807) is 18.2 Å². The number of hydrogen-bond acceptors (Lipinski definition) is 7. The first-order valence-corrected chi connectivity index (χ1v) is 12.8. The third kappa shape index (κ3) is 4.60. The quantitative estimate of drug-likeness (QED) is 0.570. The summed E-state index contributed by atoms with van der Waals surface area (Å²) in [6, 6.07) is 4.78. The largest absolute Gasteiger partial charge is 0.522 e. The van der Waals surface area contributed by atoms with Crippen molar-refractivity contribution in [1.82, 2.24) is 15.5 Å². The number of benzene rings is 1. The maximum atomic E-state index is 13.1. The fourth-order valence-electron chi connectivity index (χ4n) is 6.14. The molecule has 1 unspecified atom stereocenters. The topological polar surface area (TPSA) is 104 Å². The molecule has 1 N–H and O–H groups in total. The van der Waals surface area contributed by atoms with Crippen LogP contribution >= 0.6 is 11.6 Å². The van der Waals surface area contributed by atoms with E-state index >= 15 is 0 Å². The second-order valence-corrected chi connectivity index (χ2v) is 11.2.